The van der Waals surface area contributed by atoms with E-state index in [1.54, 1.807) is 0 Å². The lowest BCUT2D eigenvalue weighted by Crippen LogP contribution is -2.40. The third kappa shape index (κ3) is 2.68. The molecule has 126 valence electrons. The number of hydrogen-bond acceptors (Lipinski definition) is 1. The van der Waals surface area contributed by atoms with E-state index in [4.69, 9.17) is 0 Å². The fraction of sp³-hybridized carbons (Fsp3) is 0.364. The van der Waals surface area contributed by atoms with Gasteiger partial charge >= 0.3 is 0 Å². The van der Waals surface area contributed by atoms with Crippen molar-refractivity contribution in [2.45, 2.75) is 51.4 Å². The summed E-state index contributed by atoms with van der Waals surface area (Å²) in [4.78, 5) is 0. The Morgan fingerprint density at radius 2 is 1.46 bits per heavy atom. The van der Waals surface area contributed by atoms with Crippen molar-refractivity contribution in [3.05, 3.63) is 70.9 Å². The van der Waals surface area contributed by atoms with Gasteiger partial charge in [-0.1, -0.05) is 94.0 Å². The summed E-state index contributed by atoms with van der Waals surface area (Å²) < 4.78 is 0. The van der Waals surface area contributed by atoms with E-state index in [1.807, 2.05) is 12.1 Å². The summed E-state index contributed by atoms with van der Waals surface area (Å²) in [5.74, 6) is 0. The first-order valence-electron chi connectivity index (χ1n) is 9.03. The van der Waals surface area contributed by atoms with Crippen LogP contribution in [-0.4, -0.2) is 13.2 Å². The molecule has 0 aliphatic heterocycles. The smallest absolute Gasteiger partial charge is 0.134 e. The fourth-order valence-corrected chi connectivity index (χ4v) is 6.06. The number of rotatable bonds is 5. The van der Waals surface area contributed by atoms with E-state index in [0.717, 1.165) is 17.5 Å². The highest BCUT2D eigenvalue weighted by Crippen LogP contribution is 2.52. The maximum absolute atomic E-state index is 12.1. The van der Waals surface area contributed by atoms with Crippen molar-refractivity contribution in [2.24, 2.45) is 0 Å². The van der Waals surface area contributed by atoms with Crippen LogP contribution in [0.3, 0.4) is 0 Å². The lowest BCUT2D eigenvalue weighted by molar-refractivity contribution is 0.132. The topological polar surface area (TPSA) is 20.2 Å². The van der Waals surface area contributed by atoms with Crippen LogP contribution in [0.4, 0.5) is 0 Å². The molecule has 1 nitrogen and oxygen atoms in total. The van der Waals surface area contributed by atoms with E-state index in [1.165, 1.54) is 29.2 Å². The van der Waals surface area contributed by atoms with Gasteiger partial charge < -0.3 is 5.11 Å². The molecule has 24 heavy (non-hydrogen) atoms. The normalized spacial score (nSPS) is 16.0. The highest BCUT2D eigenvalue weighted by molar-refractivity contribution is 6.83. The second-order valence-electron chi connectivity index (χ2n) is 7.81. The number of benzene rings is 2. The van der Waals surface area contributed by atoms with Gasteiger partial charge in [0.15, 0.2) is 0 Å². The minimum atomic E-state index is -1.70. The Labute approximate surface area is 147 Å². The second kappa shape index (κ2) is 6.34. The van der Waals surface area contributed by atoms with Crippen LogP contribution in [0.15, 0.2) is 59.8 Å². The fourth-order valence-electron chi connectivity index (χ4n) is 3.95. The van der Waals surface area contributed by atoms with Gasteiger partial charge in [-0.05, 0) is 33.9 Å². The molecule has 0 fully saturated rings. The number of unbranched alkanes of at least 4 members (excludes halogenated alkanes) is 2. The molecule has 1 aliphatic carbocycles. The average Bonchev–Trinajstić information content (AvgIpc) is 2.82. The zero-order valence-electron chi connectivity index (χ0n) is 15.3. The number of aliphatic hydroxyl groups is 1. The minimum Gasteiger partial charge on any atom is -0.377 e. The molecule has 2 aromatic carbocycles. The van der Waals surface area contributed by atoms with E-state index in [2.05, 4.69) is 69.0 Å². The van der Waals surface area contributed by atoms with Gasteiger partial charge in [0.2, 0.25) is 0 Å². The third-order valence-corrected chi connectivity index (χ3v) is 7.21. The van der Waals surface area contributed by atoms with Gasteiger partial charge in [-0.15, -0.1) is 0 Å². The first kappa shape index (κ1) is 17.2. The van der Waals surface area contributed by atoms with Crippen molar-refractivity contribution >= 4 is 8.07 Å². The van der Waals surface area contributed by atoms with Crippen LogP contribution in [0.1, 0.15) is 37.3 Å². The molecule has 0 amide bonds. The maximum Gasteiger partial charge on any atom is 0.134 e. The van der Waals surface area contributed by atoms with Gasteiger partial charge in [-0.2, -0.15) is 0 Å². The molecule has 0 spiro atoms. The van der Waals surface area contributed by atoms with Crippen molar-refractivity contribution in [2.75, 3.05) is 0 Å². The summed E-state index contributed by atoms with van der Waals surface area (Å²) in [7, 11) is -1.70. The third-order valence-electron chi connectivity index (χ3n) is 5.03. The van der Waals surface area contributed by atoms with Gasteiger partial charge in [0.25, 0.3) is 0 Å². The van der Waals surface area contributed by atoms with E-state index in [0.29, 0.717) is 0 Å². The van der Waals surface area contributed by atoms with Gasteiger partial charge in [-0.25, -0.2) is 0 Å². The monoisotopic (exact) mass is 336 g/mol. The minimum absolute atomic E-state index is 0.967. The van der Waals surface area contributed by atoms with Crippen molar-refractivity contribution in [1.29, 1.82) is 0 Å². The lowest BCUT2D eigenvalue weighted by atomic mass is 9.90. The van der Waals surface area contributed by atoms with Crippen LogP contribution in [0.25, 0.3) is 11.1 Å². The molecular weight excluding hydrogens is 308 g/mol. The Morgan fingerprint density at radius 1 is 0.958 bits per heavy atom. The highest BCUT2D eigenvalue weighted by atomic mass is 28.3. The number of fused-ring (bicyclic) bond motifs is 3. The molecule has 0 heterocycles. The first-order valence-corrected chi connectivity index (χ1v) is 12.5. The molecule has 2 aromatic rings. The molecule has 1 N–H and O–H groups in total. The summed E-state index contributed by atoms with van der Waals surface area (Å²) >= 11 is 0. The Balaban J connectivity index is 2.25. The van der Waals surface area contributed by atoms with E-state index >= 15 is 0 Å². The molecule has 0 aromatic heterocycles. The number of allylic oxidation sites excluding steroid dienone is 1. The molecule has 0 atom stereocenters. The van der Waals surface area contributed by atoms with Gasteiger partial charge in [0.1, 0.15) is 5.60 Å². The Bertz CT molecular complexity index is 722. The van der Waals surface area contributed by atoms with E-state index < -0.39 is 13.7 Å². The Kier molecular flexibility index (Phi) is 4.54. The quantitative estimate of drug-likeness (QED) is 0.532. The van der Waals surface area contributed by atoms with Crippen LogP contribution >= 0.6 is 0 Å². The van der Waals surface area contributed by atoms with Crippen molar-refractivity contribution in [3.8, 4) is 11.1 Å². The molecular formula is C22H28OSi. The maximum atomic E-state index is 12.1. The summed E-state index contributed by atoms with van der Waals surface area (Å²) in [6.45, 7) is 9.24. The summed E-state index contributed by atoms with van der Waals surface area (Å²) in [6.07, 6.45) is 5.74. The standard InChI is InChI=1S/C22H28OSi/c1-5-6-7-16-21(24(2,3)4)22(23)19-14-10-8-12-17(19)18-13-9-11-15-20(18)22/h8-16,23H,5-7H2,1-4H3/b21-16-. The molecule has 0 saturated heterocycles. The summed E-state index contributed by atoms with van der Waals surface area (Å²) in [6, 6.07) is 16.7. The zero-order valence-corrected chi connectivity index (χ0v) is 16.3. The van der Waals surface area contributed by atoms with Gasteiger partial charge in [-0.3, -0.25) is 0 Å². The van der Waals surface area contributed by atoms with Crippen LogP contribution in [0.2, 0.25) is 19.6 Å². The molecule has 0 radical (unpaired) electrons. The Morgan fingerprint density at radius 3 is 1.92 bits per heavy atom. The molecule has 3 rings (SSSR count). The first-order chi connectivity index (χ1) is 11.4. The van der Waals surface area contributed by atoms with E-state index in [-0.39, 0.29) is 0 Å². The molecule has 2 heteroatoms. The van der Waals surface area contributed by atoms with Gasteiger partial charge in [0, 0.05) is 0 Å². The predicted octanol–water partition coefficient (Wildman–Crippen LogP) is 5.90. The van der Waals surface area contributed by atoms with E-state index in [9.17, 15) is 5.11 Å². The second-order valence-corrected chi connectivity index (χ2v) is 12.9. The van der Waals surface area contributed by atoms with Gasteiger partial charge in [0.05, 0.1) is 8.07 Å². The molecule has 0 unspecified atom stereocenters. The SMILES string of the molecule is CCCC/C=C(/C1(O)c2ccccc2-c2ccccc21)[Si](C)(C)C. The van der Waals surface area contributed by atoms with Crippen LogP contribution in [-0.2, 0) is 5.60 Å². The van der Waals surface area contributed by atoms with Crippen molar-refractivity contribution < 1.29 is 5.11 Å². The molecule has 1 aliphatic rings. The highest BCUT2D eigenvalue weighted by Gasteiger charge is 2.47. The lowest BCUT2D eigenvalue weighted by Gasteiger charge is -2.36. The summed E-state index contributed by atoms with van der Waals surface area (Å²) in [5.41, 5.74) is 3.49. The average molecular weight is 337 g/mol. The van der Waals surface area contributed by atoms with Crippen molar-refractivity contribution in [1.82, 2.24) is 0 Å². The van der Waals surface area contributed by atoms with Crippen molar-refractivity contribution in [3.63, 3.8) is 0 Å². The Hall–Kier alpha value is -1.64. The molecule has 0 saturated carbocycles. The number of hydrogen-bond donors (Lipinski definition) is 1. The summed E-state index contributed by atoms with van der Waals surface area (Å²) in [5, 5.41) is 13.3. The zero-order chi connectivity index (χ0) is 17.4. The molecule has 0 bridgehead atoms. The van der Waals surface area contributed by atoms with Crippen LogP contribution in [0, 0.1) is 0 Å². The van der Waals surface area contributed by atoms with Crippen LogP contribution in [0.5, 0.6) is 0 Å². The van der Waals surface area contributed by atoms with Crippen LogP contribution < -0.4 is 0 Å². The predicted molar refractivity (Wildman–Crippen MR) is 106 cm³/mol. The largest absolute Gasteiger partial charge is 0.377 e.